The molecule has 0 bridgehead atoms. The molecule has 1 unspecified atom stereocenters. The van der Waals surface area contributed by atoms with Gasteiger partial charge in [0.25, 0.3) is 0 Å². The molecule has 0 aromatic heterocycles. The lowest BCUT2D eigenvalue weighted by atomic mass is 9.89. The Balaban J connectivity index is 1.75. The van der Waals surface area contributed by atoms with Crippen molar-refractivity contribution < 1.29 is 58.5 Å². The summed E-state index contributed by atoms with van der Waals surface area (Å²) in [6.45, 7) is -1.47. The van der Waals surface area contributed by atoms with Crippen molar-refractivity contribution in [2.24, 2.45) is 5.92 Å². The zero-order valence-corrected chi connectivity index (χ0v) is 19.5. The van der Waals surface area contributed by atoms with Crippen LogP contribution in [-0.4, -0.2) is 49.1 Å². The monoisotopic (exact) mass is 571 g/mol. The quantitative estimate of drug-likeness (QED) is 0.301. The van der Waals surface area contributed by atoms with Crippen molar-refractivity contribution in [3.63, 3.8) is 0 Å². The molecule has 2 aromatic rings. The molecule has 1 aliphatic heterocycles. The van der Waals surface area contributed by atoms with Gasteiger partial charge in [0.15, 0.2) is 29.3 Å². The van der Waals surface area contributed by atoms with E-state index in [1.54, 1.807) is 0 Å². The average Bonchev–Trinajstić information content (AvgIpc) is 2.86. The number of anilines is 1. The summed E-state index contributed by atoms with van der Waals surface area (Å²) in [5, 5.41) is 9.85. The maximum Gasteiger partial charge on any atom is 0.461 e. The zero-order valence-electron chi connectivity index (χ0n) is 19.5. The number of β-amino-alcohol motifs (C(OH)–C–C–N with tert-alkyl or cyclic N) is 1. The Bertz CT molecular complexity index is 1250. The van der Waals surface area contributed by atoms with Gasteiger partial charge in [-0.15, -0.1) is 0 Å². The zero-order chi connectivity index (χ0) is 28.7. The highest BCUT2D eigenvalue weighted by atomic mass is 19.4. The largest absolute Gasteiger partial charge is 0.489 e. The molecule has 212 valence electrons. The molecule has 0 amide bonds. The molecule has 14 heteroatoms. The van der Waals surface area contributed by atoms with Gasteiger partial charge in [-0.2, -0.15) is 30.7 Å². The maximum atomic E-state index is 13.9. The first-order valence-electron chi connectivity index (χ1n) is 11.3. The lowest BCUT2D eigenvalue weighted by Gasteiger charge is -2.43. The van der Waals surface area contributed by atoms with E-state index in [0.717, 1.165) is 17.1 Å². The molecule has 0 saturated heterocycles. The normalized spacial score (nSPS) is 20.4. The van der Waals surface area contributed by atoms with Crippen molar-refractivity contribution in [3.8, 4) is 16.9 Å². The smallest absolute Gasteiger partial charge is 0.461 e. The van der Waals surface area contributed by atoms with Crippen LogP contribution in [0.1, 0.15) is 6.42 Å². The molecular weight excluding hydrogens is 552 g/mol. The van der Waals surface area contributed by atoms with E-state index in [1.165, 1.54) is 24.3 Å². The van der Waals surface area contributed by atoms with Crippen LogP contribution in [0.15, 0.2) is 54.3 Å². The third-order valence-electron chi connectivity index (χ3n) is 6.22. The Morgan fingerprint density at radius 1 is 1.05 bits per heavy atom. The van der Waals surface area contributed by atoms with Crippen LogP contribution >= 0.6 is 0 Å². The number of ether oxygens (including phenoxy) is 2. The van der Waals surface area contributed by atoms with Crippen LogP contribution in [0.5, 0.6) is 5.75 Å². The Kier molecular flexibility index (Phi) is 7.79. The van der Waals surface area contributed by atoms with Crippen LogP contribution in [-0.2, 0) is 4.74 Å². The molecule has 4 nitrogen and oxygen atoms in total. The van der Waals surface area contributed by atoms with Gasteiger partial charge in [0.1, 0.15) is 12.4 Å². The predicted molar refractivity (Wildman–Crippen MR) is 118 cm³/mol. The van der Waals surface area contributed by atoms with Crippen LogP contribution in [0.3, 0.4) is 0 Å². The Labute approximate surface area is 214 Å². The minimum atomic E-state index is -5.06. The molecule has 2 aromatic carbocycles. The molecule has 3 atom stereocenters. The number of allylic oxidation sites excluding steroid dienone is 2. The minimum absolute atomic E-state index is 0.00470. The van der Waals surface area contributed by atoms with Crippen molar-refractivity contribution in [2.45, 2.75) is 37.3 Å². The molecule has 1 heterocycles. The van der Waals surface area contributed by atoms with Gasteiger partial charge in [-0.25, -0.2) is 13.2 Å². The molecule has 39 heavy (non-hydrogen) atoms. The van der Waals surface area contributed by atoms with Gasteiger partial charge < -0.3 is 19.5 Å². The fraction of sp³-hybridized carbons (Fsp3) is 0.360. The van der Waals surface area contributed by atoms with Crippen molar-refractivity contribution in [2.75, 3.05) is 18.1 Å². The number of halogens is 10. The van der Waals surface area contributed by atoms with Crippen LogP contribution in [0.2, 0.25) is 0 Å². The van der Waals surface area contributed by atoms with E-state index >= 15 is 0 Å². The van der Waals surface area contributed by atoms with E-state index in [-0.39, 0.29) is 29.0 Å². The Hall–Kier alpha value is -3.42. The minimum Gasteiger partial charge on any atom is -0.489 e. The SMILES string of the molecule is O[C@H](CN1c2cccc(-c3cc(F)c(F)c(F)c3)c2OC[C@@H]1C1C=C(OC(F)(F)C(F)F)C=CC1)C(F)(F)F. The van der Waals surface area contributed by atoms with Gasteiger partial charge in [0.05, 0.1) is 18.3 Å². The molecule has 2 aliphatic rings. The summed E-state index contributed by atoms with van der Waals surface area (Å²) < 4.78 is 143. The van der Waals surface area contributed by atoms with Gasteiger partial charge in [0, 0.05) is 11.5 Å². The molecule has 1 aliphatic carbocycles. The predicted octanol–water partition coefficient (Wildman–Crippen LogP) is 6.60. The summed E-state index contributed by atoms with van der Waals surface area (Å²) in [6, 6.07) is 4.22. The fourth-order valence-electron chi connectivity index (χ4n) is 4.37. The van der Waals surface area contributed by atoms with Crippen LogP contribution in [0, 0.1) is 23.4 Å². The number of aliphatic hydroxyl groups is 1. The van der Waals surface area contributed by atoms with Gasteiger partial charge >= 0.3 is 18.7 Å². The highest BCUT2D eigenvalue weighted by Crippen LogP contribution is 2.45. The summed E-state index contributed by atoms with van der Waals surface area (Å²) in [6.07, 6.45) is -13.5. The van der Waals surface area contributed by atoms with Crippen LogP contribution in [0.25, 0.3) is 11.1 Å². The second kappa shape index (κ2) is 10.6. The Morgan fingerprint density at radius 3 is 2.33 bits per heavy atom. The number of rotatable bonds is 7. The summed E-state index contributed by atoms with van der Waals surface area (Å²) in [5.74, 6) is -6.46. The van der Waals surface area contributed by atoms with Gasteiger partial charge in [-0.1, -0.05) is 18.2 Å². The number of nitrogens with zero attached hydrogens (tertiary/aromatic N) is 1. The summed E-state index contributed by atoms with van der Waals surface area (Å²) >= 11 is 0. The van der Waals surface area contributed by atoms with E-state index in [9.17, 15) is 49.0 Å². The van der Waals surface area contributed by atoms with Crippen LogP contribution < -0.4 is 9.64 Å². The first-order valence-corrected chi connectivity index (χ1v) is 11.3. The van der Waals surface area contributed by atoms with E-state index in [4.69, 9.17) is 4.74 Å². The lowest BCUT2D eigenvalue weighted by molar-refractivity contribution is -0.280. The summed E-state index contributed by atoms with van der Waals surface area (Å²) in [7, 11) is 0. The van der Waals surface area contributed by atoms with Gasteiger partial charge in [-0.3, -0.25) is 0 Å². The number of benzene rings is 2. The first-order chi connectivity index (χ1) is 18.2. The molecule has 1 N–H and O–H groups in total. The lowest BCUT2D eigenvalue weighted by Crippen LogP contribution is -2.52. The topological polar surface area (TPSA) is 41.9 Å². The number of alkyl halides is 7. The van der Waals surface area contributed by atoms with Crippen molar-refractivity contribution in [3.05, 3.63) is 71.8 Å². The number of hydrogen-bond donors (Lipinski definition) is 1. The number of fused-ring (bicyclic) bond motifs is 1. The molecule has 0 saturated carbocycles. The third kappa shape index (κ3) is 5.94. The molecule has 0 radical (unpaired) electrons. The second-order valence-corrected chi connectivity index (χ2v) is 8.83. The van der Waals surface area contributed by atoms with E-state index in [0.29, 0.717) is 12.1 Å². The summed E-state index contributed by atoms with van der Waals surface area (Å²) in [4.78, 5) is 1.08. The molecule has 4 rings (SSSR count). The molecule has 0 spiro atoms. The Morgan fingerprint density at radius 2 is 1.72 bits per heavy atom. The van der Waals surface area contributed by atoms with Crippen LogP contribution in [0.4, 0.5) is 49.6 Å². The number of aliphatic hydroxyl groups excluding tert-OH is 1. The molecule has 0 fully saturated rings. The average molecular weight is 571 g/mol. The van der Waals surface area contributed by atoms with Gasteiger partial charge in [-0.05, 0) is 42.3 Å². The van der Waals surface area contributed by atoms with Crippen molar-refractivity contribution in [1.29, 1.82) is 0 Å². The van der Waals surface area contributed by atoms with E-state index in [2.05, 4.69) is 4.74 Å². The maximum absolute atomic E-state index is 13.9. The van der Waals surface area contributed by atoms with Gasteiger partial charge in [0.2, 0.25) is 0 Å². The first kappa shape index (κ1) is 28.6. The fourth-order valence-corrected chi connectivity index (χ4v) is 4.37. The highest BCUT2D eigenvalue weighted by molar-refractivity contribution is 5.80. The standard InChI is InChI=1S/C25H19F10NO3/c26-16-8-13(9-17(27)21(16)28)15-5-2-6-18-22(15)38-11-19(36(18)10-20(37)24(31,32)33)12-3-1-4-14(7-12)39-25(34,35)23(29)30/h1-2,4-9,12,19-20,23,37H,3,10-11H2/t12?,19-,20-/m1/s1. The van der Waals surface area contributed by atoms with Crippen molar-refractivity contribution >= 4 is 5.69 Å². The van der Waals surface area contributed by atoms with E-state index < -0.39 is 73.1 Å². The highest BCUT2D eigenvalue weighted by Gasteiger charge is 2.46. The second-order valence-electron chi connectivity index (χ2n) is 8.83. The van der Waals surface area contributed by atoms with Crippen molar-refractivity contribution in [1.82, 2.24) is 0 Å². The number of hydrogen-bond acceptors (Lipinski definition) is 4. The molecular formula is C25H19F10NO3. The number of para-hydroxylation sites is 1. The summed E-state index contributed by atoms with van der Waals surface area (Å²) in [5.41, 5.74) is -0.251. The third-order valence-corrected chi connectivity index (χ3v) is 6.22. The van der Waals surface area contributed by atoms with E-state index in [1.807, 2.05) is 0 Å².